The highest BCUT2D eigenvalue weighted by atomic mass is 16.1. The lowest BCUT2D eigenvalue weighted by Gasteiger charge is -2.09. The van der Waals surface area contributed by atoms with Gasteiger partial charge in [-0.25, -0.2) is 9.97 Å². The van der Waals surface area contributed by atoms with Gasteiger partial charge in [-0.1, -0.05) is 6.07 Å². The molecular formula is C20H17N5O. The molecule has 1 aromatic heterocycles. The Bertz CT molecular complexity index is 970. The lowest BCUT2D eigenvalue weighted by atomic mass is 10.1. The summed E-state index contributed by atoms with van der Waals surface area (Å²) < 4.78 is 0. The van der Waals surface area contributed by atoms with Gasteiger partial charge in [0.1, 0.15) is 17.8 Å². The fourth-order valence-corrected chi connectivity index (χ4v) is 2.57. The van der Waals surface area contributed by atoms with Crippen molar-refractivity contribution >= 4 is 23.1 Å². The molecule has 0 fully saturated rings. The van der Waals surface area contributed by atoms with Crippen LogP contribution in [0.1, 0.15) is 27.2 Å². The van der Waals surface area contributed by atoms with E-state index in [1.807, 2.05) is 32.0 Å². The molecule has 0 saturated heterocycles. The van der Waals surface area contributed by atoms with E-state index >= 15 is 0 Å². The van der Waals surface area contributed by atoms with E-state index in [0.717, 1.165) is 22.5 Å². The van der Waals surface area contributed by atoms with Gasteiger partial charge in [0.05, 0.1) is 11.6 Å². The number of amides is 1. The lowest BCUT2D eigenvalue weighted by molar-refractivity contribution is 0.102. The minimum atomic E-state index is -0.305. The van der Waals surface area contributed by atoms with Crippen molar-refractivity contribution in [3.8, 4) is 6.07 Å². The number of aryl methyl sites for hydroxylation is 2. The molecule has 26 heavy (non-hydrogen) atoms. The molecule has 2 aromatic carbocycles. The number of hydrogen-bond donors (Lipinski definition) is 2. The fourth-order valence-electron chi connectivity index (χ4n) is 2.57. The van der Waals surface area contributed by atoms with Crippen molar-refractivity contribution in [2.24, 2.45) is 0 Å². The largest absolute Gasteiger partial charge is 0.340 e. The molecule has 3 rings (SSSR count). The molecule has 0 aliphatic heterocycles. The molecular weight excluding hydrogens is 326 g/mol. The van der Waals surface area contributed by atoms with Crippen LogP contribution < -0.4 is 10.6 Å². The number of benzene rings is 2. The normalized spacial score (nSPS) is 10.0. The maximum Gasteiger partial charge on any atom is 0.274 e. The van der Waals surface area contributed by atoms with E-state index in [-0.39, 0.29) is 11.6 Å². The first-order valence-electron chi connectivity index (χ1n) is 8.02. The SMILES string of the molecule is Cc1cc(C)cc(NC(=O)c2cc(Nc3ccc(C#N)cc3)ncn2)c1. The number of anilines is 3. The molecule has 0 unspecified atom stereocenters. The van der Waals surface area contributed by atoms with Crippen molar-refractivity contribution in [2.45, 2.75) is 13.8 Å². The predicted octanol–water partition coefficient (Wildman–Crippen LogP) is 3.96. The van der Waals surface area contributed by atoms with Crippen LogP contribution in [-0.4, -0.2) is 15.9 Å². The Morgan fingerprint density at radius 2 is 1.65 bits per heavy atom. The molecule has 0 aliphatic rings. The van der Waals surface area contributed by atoms with Crippen molar-refractivity contribution in [1.29, 1.82) is 5.26 Å². The van der Waals surface area contributed by atoms with Crippen LogP contribution in [0.2, 0.25) is 0 Å². The summed E-state index contributed by atoms with van der Waals surface area (Å²) in [6.45, 7) is 3.96. The molecule has 1 amide bonds. The Balaban J connectivity index is 1.75. The van der Waals surface area contributed by atoms with Crippen LogP contribution in [0.25, 0.3) is 0 Å². The molecule has 6 nitrogen and oxygen atoms in total. The minimum absolute atomic E-state index is 0.260. The van der Waals surface area contributed by atoms with Gasteiger partial charge in [-0.3, -0.25) is 4.79 Å². The van der Waals surface area contributed by atoms with E-state index in [2.05, 4.69) is 26.7 Å². The average molecular weight is 343 g/mol. The third-order valence-corrected chi connectivity index (χ3v) is 3.67. The van der Waals surface area contributed by atoms with Crippen molar-refractivity contribution in [3.05, 3.63) is 77.2 Å². The molecule has 0 bridgehead atoms. The average Bonchev–Trinajstić information content (AvgIpc) is 2.62. The zero-order chi connectivity index (χ0) is 18.5. The van der Waals surface area contributed by atoms with Crippen LogP contribution in [-0.2, 0) is 0 Å². The van der Waals surface area contributed by atoms with Crippen LogP contribution in [0, 0.1) is 25.2 Å². The van der Waals surface area contributed by atoms with E-state index in [1.54, 1.807) is 30.3 Å². The number of aromatic nitrogens is 2. The van der Waals surface area contributed by atoms with Gasteiger partial charge in [0.15, 0.2) is 0 Å². The van der Waals surface area contributed by atoms with Crippen molar-refractivity contribution < 1.29 is 4.79 Å². The molecule has 0 spiro atoms. The van der Waals surface area contributed by atoms with Gasteiger partial charge in [0, 0.05) is 17.4 Å². The summed E-state index contributed by atoms with van der Waals surface area (Å²) in [5.41, 5.74) is 4.48. The minimum Gasteiger partial charge on any atom is -0.340 e. The number of nitrogens with one attached hydrogen (secondary N) is 2. The Morgan fingerprint density at radius 1 is 0.962 bits per heavy atom. The van der Waals surface area contributed by atoms with Crippen molar-refractivity contribution in [3.63, 3.8) is 0 Å². The number of carbonyl (C=O) groups excluding carboxylic acids is 1. The third kappa shape index (κ3) is 4.22. The number of hydrogen-bond acceptors (Lipinski definition) is 5. The molecule has 128 valence electrons. The fraction of sp³-hybridized carbons (Fsp3) is 0.100. The summed E-state index contributed by atoms with van der Waals surface area (Å²) in [4.78, 5) is 20.6. The number of nitriles is 1. The van der Waals surface area contributed by atoms with E-state index in [4.69, 9.17) is 5.26 Å². The predicted molar refractivity (Wildman–Crippen MR) is 100 cm³/mol. The molecule has 3 aromatic rings. The second kappa shape index (κ2) is 7.45. The monoisotopic (exact) mass is 343 g/mol. The molecule has 0 radical (unpaired) electrons. The Hall–Kier alpha value is -3.72. The van der Waals surface area contributed by atoms with Gasteiger partial charge in [0.25, 0.3) is 5.91 Å². The summed E-state index contributed by atoms with van der Waals surface area (Å²) >= 11 is 0. The van der Waals surface area contributed by atoms with Crippen LogP contribution >= 0.6 is 0 Å². The van der Waals surface area contributed by atoms with Gasteiger partial charge in [-0.2, -0.15) is 5.26 Å². The van der Waals surface area contributed by atoms with Crippen LogP contribution in [0.4, 0.5) is 17.2 Å². The lowest BCUT2D eigenvalue weighted by Crippen LogP contribution is -2.14. The van der Waals surface area contributed by atoms with Crippen LogP contribution in [0.15, 0.2) is 54.9 Å². The highest BCUT2D eigenvalue weighted by Gasteiger charge is 2.10. The first-order valence-corrected chi connectivity index (χ1v) is 8.02. The van der Waals surface area contributed by atoms with Gasteiger partial charge in [0.2, 0.25) is 0 Å². The summed E-state index contributed by atoms with van der Waals surface area (Å²) in [5.74, 6) is 0.190. The molecule has 1 heterocycles. The molecule has 0 aliphatic carbocycles. The van der Waals surface area contributed by atoms with Gasteiger partial charge < -0.3 is 10.6 Å². The number of rotatable bonds is 4. The molecule has 0 atom stereocenters. The van der Waals surface area contributed by atoms with Crippen LogP contribution in [0.3, 0.4) is 0 Å². The Morgan fingerprint density at radius 3 is 2.31 bits per heavy atom. The highest BCUT2D eigenvalue weighted by molar-refractivity contribution is 6.03. The van der Waals surface area contributed by atoms with Crippen molar-refractivity contribution in [1.82, 2.24) is 9.97 Å². The van der Waals surface area contributed by atoms with E-state index in [0.29, 0.717) is 11.4 Å². The standard InChI is InChI=1S/C20H17N5O/c1-13-7-14(2)9-17(8-13)25-20(26)18-10-19(23-12-22-18)24-16-5-3-15(11-21)4-6-16/h3-10,12H,1-2H3,(H,25,26)(H,22,23,24). The topological polar surface area (TPSA) is 90.7 Å². The highest BCUT2D eigenvalue weighted by Crippen LogP contribution is 2.17. The zero-order valence-corrected chi connectivity index (χ0v) is 14.4. The maximum absolute atomic E-state index is 12.5. The molecule has 2 N–H and O–H groups in total. The molecule has 0 saturated carbocycles. The summed E-state index contributed by atoms with van der Waals surface area (Å²) in [6, 6.07) is 16.5. The van der Waals surface area contributed by atoms with Crippen molar-refractivity contribution in [2.75, 3.05) is 10.6 Å². The second-order valence-electron chi connectivity index (χ2n) is 5.93. The van der Waals surface area contributed by atoms with E-state index in [9.17, 15) is 4.79 Å². The van der Waals surface area contributed by atoms with E-state index < -0.39 is 0 Å². The third-order valence-electron chi connectivity index (χ3n) is 3.67. The van der Waals surface area contributed by atoms with Gasteiger partial charge >= 0.3 is 0 Å². The van der Waals surface area contributed by atoms with Crippen LogP contribution in [0.5, 0.6) is 0 Å². The number of nitrogens with zero attached hydrogens (tertiary/aromatic N) is 3. The Kier molecular flexibility index (Phi) is 4.90. The summed E-state index contributed by atoms with van der Waals surface area (Å²) in [7, 11) is 0. The van der Waals surface area contributed by atoms with Gasteiger partial charge in [-0.15, -0.1) is 0 Å². The number of carbonyl (C=O) groups is 1. The molecule has 6 heteroatoms. The smallest absolute Gasteiger partial charge is 0.274 e. The summed E-state index contributed by atoms with van der Waals surface area (Å²) in [5, 5.41) is 14.8. The second-order valence-corrected chi connectivity index (χ2v) is 5.93. The van der Waals surface area contributed by atoms with Gasteiger partial charge in [-0.05, 0) is 61.4 Å². The Labute approximate surface area is 151 Å². The first kappa shape index (κ1) is 17.1. The van der Waals surface area contributed by atoms with E-state index in [1.165, 1.54) is 6.33 Å². The summed E-state index contributed by atoms with van der Waals surface area (Å²) in [6.07, 6.45) is 1.34. The maximum atomic E-state index is 12.5. The zero-order valence-electron chi connectivity index (χ0n) is 14.4. The quantitative estimate of drug-likeness (QED) is 0.748. The first-order chi connectivity index (χ1) is 12.5.